The Hall–Kier alpha value is -2.60. The molecule has 2 amide bonds. The van der Waals surface area contributed by atoms with E-state index in [0.29, 0.717) is 12.0 Å². The zero-order valence-corrected chi connectivity index (χ0v) is 14.3. The van der Waals surface area contributed by atoms with Crippen molar-refractivity contribution in [2.24, 2.45) is 5.73 Å². The highest BCUT2D eigenvalue weighted by Gasteiger charge is 2.21. The summed E-state index contributed by atoms with van der Waals surface area (Å²) in [4.78, 5) is 27.3. The van der Waals surface area contributed by atoms with E-state index in [-0.39, 0.29) is 5.91 Å². The lowest BCUT2D eigenvalue weighted by atomic mass is 10.0. The molecule has 0 aliphatic carbocycles. The van der Waals surface area contributed by atoms with Gasteiger partial charge in [0.2, 0.25) is 5.91 Å². The second-order valence-electron chi connectivity index (χ2n) is 5.50. The lowest BCUT2D eigenvalue weighted by molar-refractivity contribution is -0.119. The molecule has 0 saturated carbocycles. The zero-order chi connectivity index (χ0) is 17.1. The van der Waals surface area contributed by atoms with Gasteiger partial charge in [-0.1, -0.05) is 40.2 Å². The quantitative estimate of drug-likeness (QED) is 0.630. The average molecular weight is 386 g/mol. The first-order valence-electron chi connectivity index (χ1n) is 7.45. The van der Waals surface area contributed by atoms with Crippen LogP contribution < -0.4 is 11.1 Å². The lowest BCUT2D eigenvalue weighted by Crippen LogP contribution is -2.45. The molecule has 0 aliphatic rings. The van der Waals surface area contributed by atoms with Gasteiger partial charge in [-0.3, -0.25) is 9.59 Å². The lowest BCUT2D eigenvalue weighted by Gasteiger charge is -2.15. The smallest absolute Gasteiger partial charge is 0.251 e. The van der Waals surface area contributed by atoms with Crippen LogP contribution in [0.3, 0.4) is 0 Å². The fourth-order valence-corrected chi connectivity index (χ4v) is 3.01. The van der Waals surface area contributed by atoms with Crippen LogP contribution in [0.1, 0.15) is 15.9 Å². The number of aromatic nitrogens is 1. The molecule has 0 saturated heterocycles. The Morgan fingerprint density at radius 2 is 1.96 bits per heavy atom. The van der Waals surface area contributed by atoms with Crippen molar-refractivity contribution < 1.29 is 9.59 Å². The molecule has 24 heavy (non-hydrogen) atoms. The van der Waals surface area contributed by atoms with Gasteiger partial charge in [0, 0.05) is 33.6 Å². The number of primary amides is 1. The Kier molecular flexibility index (Phi) is 4.66. The van der Waals surface area contributed by atoms with E-state index in [0.717, 1.165) is 20.9 Å². The molecule has 3 rings (SSSR count). The van der Waals surface area contributed by atoms with Gasteiger partial charge in [-0.15, -0.1) is 0 Å². The predicted molar refractivity (Wildman–Crippen MR) is 96.6 cm³/mol. The molecule has 0 fully saturated rings. The predicted octanol–water partition coefficient (Wildman–Crippen LogP) is 2.76. The minimum atomic E-state index is -0.782. The highest BCUT2D eigenvalue weighted by molar-refractivity contribution is 9.10. The van der Waals surface area contributed by atoms with Crippen molar-refractivity contribution in [3.8, 4) is 0 Å². The molecule has 0 spiro atoms. The molecule has 0 aliphatic heterocycles. The van der Waals surface area contributed by atoms with Crippen LogP contribution in [0.2, 0.25) is 0 Å². The number of fused-ring (bicyclic) bond motifs is 1. The first kappa shape index (κ1) is 16.3. The van der Waals surface area contributed by atoms with Crippen molar-refractivity contribution in [2.75, 3.05) is 0 Å². The number of nitrogens with one attached hydrogen (secondary N) is 2. The van der Waals surface area contributed by atoms with Gasteiger partial charge < -0.3 is 16.0 Å². The summed E-state index contributed by atoms with van der Waals surface area (Å²) in [5.41, 5.74) is 7.86. The molecule has 122 valence electrons. The maximum Gasteiger partial charge on any atom is 0.251 e. The van der Waals surface area contributed by atoms with Crippen molar-refractivity contribution in [2.45, 2.75) is 12.5 Å². The number of hydrogen-bond acceptors (Lipinski definition) is 2. The van der Waals surface area contributed by atoms with Gasteiger partial charge in [0.05, 0.1) is 0 Å². The minimum absolute atomic E-state index is 0.332. The van der Waals surface area contributed by atoms with E-state index in [1.165, 1.54) is 0 Å². The Bertz CT molecular complexity index is 904. The van der Waals surface area contributed by atoms with Crippen molar-refractivity contribution in [1.82, 2.24) is 10.3 Å². The SMILES string of the molecule is NC(=O)[C@@H](Cc1c[nH]c2ccccc12)NC(=O)c1cccc(Br)c1. The van der Waals surface area contributed by atoms with Crippen molar-refractivity contribution >= 4 is 38.6 Å². The van der Waals surface area contributed by atoms with Gasteiger partial charge in [0.25, 0.3) is 5.91 Å². The molecule has 1 heterocycles. The van der Waals surface area contributed by atoms with E-state index in [4.69, 9.17) is 5.73 Å². The van der Waals surface area contributed by atoms with Crippen LogP contribution in [0.25, 0.3) is 10.9 Å². The van der Waals surface area contributed by atoms with E-state index >= 15 is 0 Å². The van der Waals surface area contributed by atoms with Gasteiger partial charge in [-0.05, 0) is 29.8 Å². The summed E-state index contributed by atoms with van der Waals surface area (Å²) in [6.45, 7) is 0. The molecule has 3 aromatic rings. The third kappa shape index (κ3) is 3.49. The standard InChI is InChI=1S/C18H16BrN3O2/c19-13-5-3-4-11(8-13)18(24)22-16(17(20)23)9-12-10-21-15-7-2-1-6-14(12)15/h1-8,10,16,21H,9H2,(H2,20,23)(H,22,24)/t16-/m1/s1. The second-order valence-corrected chi connectivity index (χ2v) is 6.42. The number of nitrogens with two attached hydrogens (primary N) is 1. The topological polar surface area (TPSA) is 88.0 Å². The Labute approximate surface area is 147 Å². The molecule has 0 radical (unpaired) electrons. The van der Waals surface area contributed by atoms with Gasteiger partial charge in [0.15, 0.2) is 0 Å². The average Bonchev–Trinajstić information content (AvgIpc) is 2.97. The molecule has 0 bridgehead atoms. The molecular weight excluding hydrogens is 370 g/mol. The third-order valence-electron chi connectivity index (χ3n) is 3.83. The Morgan fingerprint density at radius 3 is 2.71 bits per heavy atom. The van der Waals surface area contributed by atoms with Crippen molar-refractivity contribution in [3.05, 3.63) is 70.3 Å². The second kappa shape index (κ2) is 6.88. The number of aromatic amines is 1. The monoisotopic (exact) mass is 385 g/mol. The number of benzene rings is 2. The highest BCUT2D eigenvalue weighted by atomic mass is 79.9. The fraction of sp³-hybridized carbons (Fsp3) is 0.111. The first-order valence-corrected chi connectivity index (χ1v) is 8.24. The summed E-state index contributed by atoms with van der Waals surface area (Å²) in [6.07, 6.45) is 2.17. The summed E-state index contributed by atoms with van der Waals surface area (Å²) in [5, 5.41) is 3.73. The Morgan fingerprint density at radius 1 is 1.17 bits per heavy atom. The van der Waals surface area contributed by atoms with Crippen molar-refractivity contribution in [1.29, 1.82) is 0 Å². The number of hydrogen-bond donors (Lipinski definition) is 3. The number of para-hydroxylation sites is 1. The normalized spacial score (nSPS) is 12.0. The number of halogens is 1. The van der Waals surface area contributed by atoms with Gasteiger partial charge >= 0.3 is 0 Å². The number of amides is 2. The van der Waals surface area contributed by atoms with E-state index in [1.54, 1.807) is 18.2 Å². The van der Waals surface area contributed by atoms with Gasteiger partial charge in [-0.25, -0.2) is 0 Å². The number of carbonyl (C=O) groups is 2. The molecule has 6 heteroatoms. The molecule has 1 atom stereocenters. The van der Waals surface area contributed by atoms with E-state index in [1.807, 2.05) is 36.5 Å². The van der Waals surface area contributed by atoms with Crippen LogP contribution in [0.4, 0.5) is 0 Å². The minimum Gasteiger partial charge on any atom is -0.368 e. The molecule has 2 aromatic carbocycles. The molecule has 0 unspecified atom stereocenters. The number of carbonyl (C=O) groups excluding carboxylic acids is 2. The van der Waals surface area contributed by atoms with Crippen LogP contribution in [-0.2, 0) is 11.2 Å². The summed E-state index contributed by atoms with van der Waals surface area (Å²) in [7, 11) is 0. The van der Waals surface area contributed by atoms with E-state index < -0.39 is 11.9 Å². The molecule has 5 nitrogen and oxygen atoms in total. The first-order chi connectivity index (χ1) is 11.5. The van der Waals surface area contributed by atoms with Crippen LogP contribution in [-0.4, -0.2) is 22.8 Å². The highest BCUT2D eigenvalue weighted by Crippen LogP contribution is 2.19. The maximum absolute atomic E-state index is 12.4. The molecular formula is C18H16BrN3O2. The number of H-pyrrole nitrogens is 1. The van der Waals surface area contributed by atoms with Crippen molar-refractivity contribution in [3.63, 3.8) is 0 Å². The van der Waals surface area contributed by atoms with Gasteiger partial charge in [-0.2, -0.15) is 0 Å². The summed E-state index contributed by atoms with van der Waals surface area (Å²) in [5.74, 6) is -0.899. The van der Waals surface area contributed by atoms with E-state index in [9.17, 15) is 9.59 Å². The Balaban J connectivity index is 1.80. The summed E-state index contributed by atoms with van der Waals surface area (Å²) in [6, 6.07) is 14.0. The van der Waals surface area contributed by atoms with Crippen LogP contribution in [0.15, 0.2) is 59.2 Å². The molecule has 4 N–H and O–H groups in total. The summed E-state index contributed by atoms with van der Waals surface area (Å²) < 4.78 is 0.794. The molecule has 1 aromatic heterocycles. The third-order valence-corrected chi connectivity index (χ3v) is 4.33. The van der Waals surface area contributed by atoms with Crippen LogP contribution in [0, 0.1) is 0 Å². The largest absolute Gasteiger partial charge is 0.368 e. The summed E-state index contributed by atoms with van der Waals surface area (Å²) >= 11 is 3.33. The van der Waals surface area contributed by atoms with Crippen LogP contribution in [0.5, 0.6) is 0 Å². The zero-order valence-electron chi connectivity index (χ0n) is 12.8. The fourth-order valence-electron chi connectivity index (χ4n) is 2.61. The maximum atomic E-state index is 12.4. The van der Waals surface area contributed by atoms with Gasteiger partial charge in [0.1, 0.15) is 6.04 Å². The number of rotatable bonds is 5. The van der Waals surface area contributed by atoms with Crippen LogP contribution >= 0.6 is 15.9 Å². The van der Waals surface area contributed by atoms with E-state index in [2.05, 4.69) is 26.2 Å².